The number of carbonyl (C=O) groups is 1. The standard InChI is InChI=1S/C17H12Cl2N2O3/c1-10-3-2-6-21-15(22)8-12(20-16(10)21)9-24-17(23)13-7-11(18)4-5-14(13)19/h2-8H,9H2,1H3. The number of benzene rings is 1. The Kier molecular flexibility index (Phi) is 4.55. The SMILES string of the molecule is Cc1cccn2c(=O)cc(COC(=O)c3cc(Cl)ccc3Cl)nc12. The van der Waals surface area contributed by atoms with Crippen LogP contribution < -0.4 is 5.56 Å². The van der Waals surface area contributed by atoms with Crippen molar-refractivity contribution >= 4 is 34.8 Å². The molecule has 0 spiro atoms. The van der Waals surface area contributed by atoms with Crippen LogP contribution in [0.25, 0.3) is 5.65 Å². The van der Waals surface area contributed by atoms with Gasteiger partial charge in [-0.25, -0.2) is 9.78 Å². The summed E-state index contributed by atoms with van der Waals surface area (Å²) in [6.07, 6.45) is 1.64. The second-order valence-corrected chi connectivity index (χ2v) is 6.01. The Bertz CT molecular complexity index is 999. The normalized spacial score (nSPS) is 10.8. The number of nitrogens with zero attached hydrogens (tertiary/aromatic N) is 2. The predicted octanol–water partition coefficient (Wildman–Crippen LogP) is 3.67. The highest BCUT2D eigenvalue weighted by Crippen LogP contribution is 2.21. The highest BCUT2D eigenvalue weighted by atomic mass is 35.5. The van der Waals surface area contributed by atoms with E-state index in [-0.39, 0.29) is 22.8 Å². The van der Waals surface area contributed by atoms with Gasteiger partial charge in [0.1, 0.15) is 12.3 Å². The smallest absolute Gasteiger partial charge is 0.340 e. The molecule has 1 aromatic carbocycles. The van der Waals surface area contributed by atoms with Gasteiger partial charge in [0, 0.05) is 17.3 Å². The molecule has 0 aliphatic heterocycles. The fourth-order valence-electron chi connectivity index (χ4n) is 2.25. The van der Waals surface area contributed by atoms with E-state index in [1.54, 1.807) is 18.3 Å². The van der Waals surface area contributed by atoms with E-state index in [1.165, 1.54) is 22.6 Å². The number of halogens is 2. The van der Waals surface area contributed by atoms with E-state index in [0.29, 0.717) is 16.4 Å². The fourth-order valence-corrected chi connectivity index (χ4v) is 2.62. The summed E-state index contributed by atoms with van der Waals surface area (Å²) in [5.41, 5.74) is 1.66. The minimum atomic E-state index is -0.630. The Balaban J connectivity index is 1.86. The molecule has 0 unspecified atom stereocenters. The van der Waals surface area contributed by atoms with Gasteiger partial charge in [0.2, 0.25) is 0 Å². The largest absolute Gasteiger partial charge is 0.456 e. The molecule has 0 fully saturated rings. The predicted molar refractivity (Wildman–Crippen MR) is 91.8 cm³/mol. The van der Waals surface area contributed by atoms with Crippen molar-refractivity contribution < 1.29 is 9.53 Å². The molecule has 5 nitrogen and oxygen atoms in total. The first-order valence-corrected chi connectivity index (χ1v) is 7.81. The van der Waals surface area contributed by atoms with Crippen LogP contribution in [-0.4, -0.2) is 15.4 Å². The third-order valence-electron chi connectivity index (χ3n) is 3.44. The van der Waals surface area contributed by atoms with E-state index in [9.17, 15) is 9.59 Å². The molecule has 2 aromatic heterocycles. The molecule has 0 saturated carbocycles. The molecule has 0 radical (unpaired) electrons. The Hall–Kier alpha value is -2.37. The number of carbonyl (C=O) groups excluding carboxylic acids is 1. The Morgan fingerprint density at radius 3 is 2.83 bits per heavy atom. The molecule has 0 saturated heterocycles. The first-order chi connectivity index (χ1) is 11.5. The average Bonchev–Trinajstić information content (AvgIpc) is 2.56. The van der Waals surface area contributed by atoms with Gasteiger partial charge in [0.25, 0.3) is 5.56 Å². The second-order valence-electron chi connectivity index (χ2n) is 5.17. The maximum atomic E-state index is 12.1. The molecule has 0 bridgehead atoms. The topological polar surface area (TPSA) is 60.7 Å². The zero-order chi connectivity index (χ0) is 17.3. The van der Waals surface area contributed by atoms with Gasteiger partial charge >= 0.3 is 5.97 Å². The van der Waals surface area contributed by atoms with Crippen molar-refractivity contribution in [2.45, 2.75) is 13.5 Å². The van der Waals surface area contributed by atoms with Gasteiger partial charge in [-0.05, 0) is 36.8 Å². The summed E-state index contributed by atoms with van der Waals surface area (Å²) in [6.45, 7) is 1.71. The molecule has 0 aliphatic carbocycles. The van der Waals surface area contributed by atoms with E-state index in [2.05, 4.69) is 4.98 Å². The van der Waals surface area contributed by atoms with E-state index in [0.717, 1.165) is 5.56 Å². The maximum Gasteiger partial charge on any atom is 0.340 e. The molecule has 122 valence electrons. The maximum absolute atomic E-state index is 12.1. The lowest BCUT2D eigenvalue weighted by Gasteiger charge is -2.08. The molecule has 7 heteroatoms. The zero-order valence-electron chi connectivity index (χ0n) is 12.6. The molecule has 3 aromatic rings. The summed E-state index contributed by atoms with van der Waals surface area (Å²) in [4.78, 5) is 28.6. The number of rotatable bonds is 3. The summed E-state index contributed by atoms with van der Waals surface area (Å²) < 4.78 is 6.64. The number of hydrogen-bond acceptors (Lipinski definition) is 4. The molecule has 3 rings (SSSR count). The Morgan fingerprint density at radius 2 is 2.04 bits per heavy atom. The Labute approximate surface area is 147 Å². The van der Waals surface area contributed by atoms with E-state index in [1.807, 2.05) is 13.0 Å². The summed E-state index contributed by atoms with van der Waals surface area (Å²) >= 11 is 11.8. The minimum absolute atomic E-state index is 0.137. The number of fused-ring (bicyclic) bond motifs is 1. The van der Waals surface area contributed by atoms with Crippen LogP contribution in [0.5, 0.6) is 0 Å². The second kappa shape index (κ2) is 6.63. The van der Waals surface area contributed by atoms with Crippen molar-refractivity contribution in [3.8, 4) is 0 Å². The highest BCUT2D eigenvalue weighted by molar-refractivity contribution is 6.35. The number of pyridine rings is 1. The quantitative estimate of drug-likeness (QED) is 0.667. The van der Waals surface area contributed by atoms with Gasteiger partial charge in [-0.3, -0.25) is 9.20 Å². The van der Waals surface area contributed by atoms with Crippen molar-refractivity contribution in [2.75, 3.05) is 0 Å². The molecule has 0 N–H and O–H groups in total. The molecule has 0 amide bonds. The van der Waals surface area contributed by atoms with Crippen LogP contribution in [0, 0.1) is 6.92 Å². The Morgan fingerprint density at radius 1 is 1.25 bits per heavy atom. The van der Waals surface area contributed by atoms with Crippen LogP contribution >= 0.6 is 23.2 Å². The van der Waals surface area contributed by atoms with Crippen LogP contribution in [-0.2, 0) is 11.3 Å². The van der Waals surface area contributed by atoms with Crippen LogP contribution in [0.1, 0.15) is 21.6 Å². The van der Waals surface area contributed by atoms with Gasteiger partial charge in [0.05, 0.1) is 16.3 Å². The van der Waals surface area contributed by atoms with Crippen molar-refractivity contribution in [2.24, 2.45) is 0 Å². The summed E-state index contributed by atoms with van der Waals surface area (Å²) in [5.74, 6) is -0.630. The lowest BCUT2D eigenvalue weighted by Crippen LogP contribution is -2.17. The van der Waals surface area contributed by atoms with Gasteiger partial charge in [0.15, 0.2) is 0 Å². The number of aromatic nitrogens is 2. The van der Waals surface area contributed by atoms with Gasteiger partial charge in [-0.15, -0.1) is 0 Å². The summed E-state index contributed by atoms with van der Waals surface area (Å²) in [6, 6.07) is 9.48. The highest BCUT2D eigenvalue weighted by Gasteiger charge is 2.14. The lowest BCUT2D eigenvalue weighted by atomic mass is 10.2. The van der Waals surface area contributed by atoms with E-state index < -0.39 is 5.97 Å². The molecule has 2 heterocycles. The third kappa shape index (κ3) is 3.27. The molecular formula is C17H12Cl2N2O3. The van der Waals surface area contributed by atoms with Crippen molar-refractivity contribution in [3.05, 3.63) is 79.8 Å². The molecule has 0 aliphatic rings. The third-order valence-corrected chi connectivity index (χ3v) is 4.00. The first-order valence-electron chi connectivity index (χ1n) is 7.06. The number of ether oxygens (including phenoxy) is 1. The number of aryl methyl sites for hydroxylation is 1. The van der Waals surface area contributed by atoms with E-state index in [4.69, 9.17) is 27.9 Å². The summed E-state index contributed by atoms with van der Waals surface area (Å²) in [5, 5.41) is 0.621. The van der Waals surface area contributed by atoms with Gasteiger partial charge < -0.3 is 4.74 Å². The first kappa shape index (κ1) is 16.5. The van der Waals surface area contributed by atoms with Crippen LogP contribution in [0.15, 0.2) is 47.4 Å². The number of hydrogen-bond donors (Lipinski definition) is 0. The van der Waals surface area contributed by atoms with Crippen molar-refractivity contribution in [1.29, 1.82) is 0 Å². The number of esters is 1. The van der Waals surface area contributed by atoms with Crippen molar-refractivity contribution in [1.82, 2.24) is 9.38 Å². The van der Waals surface area contributed by atoms with Crippen LogP contribution in [0.3, 0.4) is 0 Å². The minimum Gasteiger partial charge on any atom is -0.456 e. The van der Waals surface area contributed by atoms with E-state index >= 15 is 0 Å². The fraction of sp³-hybridized carbons (Fsp3) is 0.118. The lowest BCUT2D eigenvalue weighted by molar-refractivity contribution is 0.0468. The van der Waals surface area contributed by atoms with Crippen molar-refractivity contribution in [3.63, 3.8) is 0 Å². The molecule has 0 atom stereocenters. The zero-order valence-corrected chi connectivity index (χ0v) is 14.1. The monoisotopic (exact) mass is 362 g/mol. The van der Waals surface area contributed by atoms with Gasteiger partial charge in [-0.2, -0.15) is 0 Å². The van der Waals surface area contributed by atoms with Crippen LogP contribution in [0.4, 0.5) is 0 Å². The summed E-state index contributed by atoms with van der Waals surface area (Å²) in [7, 11) is 0. The molecule has 24 heavy (non-hydrogen) atoms. The average molecular weight is 363 g/mol. The van der Waals surface area contributed by atoms with Crippen LogP contribution in [0.2, 0.25) is 10.0 Å². The molecular weight excluding hydrogens is 351 g/mol. The van der Waals surface area contributed by atoms with Gasteiger partial charge in [-0.1, -0.05) is 29.3 Å².